The van der Waals surface area contributed by atoms with Crippen LogP contribution >= 0.6 is 15.9 Å². The smallest absolute Gasteiger partial charge is 0.144 e. The van der Waals surface area contributed by atoms with E-state index in [9.17, 15) is 0 Å². The van der Waals surface area contributed by atoms with Crippen molar-refractivity contribution in [3.63, 3.8) is 0 Å². The lowest BCUT2D eigenvalue weighted by molar-refractivity contribution is 0.319. The molecule has 4 heteroatoms. The maximum absolute atomic E-state index is 6.18. The Bertz CT molecular complexity index is 618. The zero-order valence-corrected chi connectivity index (χ0v) is 14.3. The van der Waals surface area contributed by atoms with Gasteiger partial charge in [-0.1, -0.05) is 28.9 Å². The highest BCUT2D eigenvalue weighted by atomic mass is 79.9. The number of nitrogens with one attached hydrogen (secondary N) is 1. The first-order chi connectivity index (χ1) is 10.0. The van der Waals surface area contributed by atoms with E-state index in [0.717, 1.165) is 28.0 Å². The number of rotatable bonds is 5. The molecule has 0 bridgehead atoms. The molecule has 0 radical (unpaired) electrons. The number of anilines is 3. The van der Waals surface area contributed by atoms with Crippen LogP contribution in [0.2, 0.25) is 0 Å². The molecule has 2 aromatic carbocycles. The number of benzene rings is 2. The molecule has 2 rings (SSSR count). The standard InChI is InChI=1S/C17H21BrN2O/c1-4-8-21-15-7-5-6-14(17(15)19)20-13-9-11(2)16(18)12(3)10-13/h5-7,9-10,20H,4,8,19H2,1-3H3. The molecule has 21 heavy (non-hydrogen) atoms. The number of para-hydroxylation sites is 1. The van der Waals surface area contributed by atoms with E-state index in [1.54, 1.807) is 0 Å². The fourth-order valence-corrected chi connectivity index (χ4v) is 2.39. The fraction of sp³-hybridized carbons (Fsp3) is 0.294. The Kier molecular flexibility index (Phi) is 5.12. The monoisotopic (exact) mass is 348 g/mol. The number of halogens is 1. The lowest BCUT2D eigenvalue weighted by atomic mass is 10.1. The van der Waals surface area contributed by atoms with E-state index >= 15 is 0 Å². The molecule has 0 fully saturated rings. The van der Waals surface area contributed by atoms with Crippen LogP contribution < -0.4 is 15.8 Å². The van der Waals surface area contributed by atoms with Gasteiger partial charge in [0.15, 0.2) is 0 Å². The Hall–Kier alpha value is -1.68. The molecular formula is C17H21BrN2O. The summed E-state index contributed by atoms with van der Waals surface area (Å²) in [6.07, 6.45) is 0.961. The Morgan fingerprint density at radius 1 is 1.19 bits per heavy atom. The highest BCUT2D eigenvalue weighted by Crippen LogP contribution is 2.33. The van der Waals surface area contributed by atoms with Crippen molar-refractivity contribution in [2.45, 2.75) is 27.2 Å². The number of nitrogen functional groups attached to an aromatic ring is 1. The zero-order chi connectivity index (χ0) is 15.4. The molecule has 0 saturated carbocycles. The molecule has 0 aliphatic carbocycles. The second-order valence-electron chi connectivity index (χ2n) is 5.11. The van der Waals surface area contributed by atoms with Crippen molar-refractivity contribution >= 4 is 33.0 Å². The van der Waals surface area contributed by atoms with Crippen molar-refractivity contribution in [3.8, 4) is 5.75 Å². The van der Waals surface area contributed by atoms with Crippen LogP contribution in [0, 0.1) is 13.8 Å². The van der Waals surface area contributed by atoms with Gasteiger partial charge in [0.05, 0.1) is 18.0 Å². The summed E-state index contributed by atoms with van der Waals surface area (Å²) in [5, 5.41) is 3.37. The Balaban J connectivity index is 2.27. The summed E-state index contributed by atoms with van der Waals surface area (Å²) in [5.41, 5.74) is 11.1. The van der Waals surface area contributed by atoms with E-state index in [1.807, 2.05) is 18.2 Å². The van der Waals surface area contributed by atoms with E-state index in [0.29, 0.717) is 12.3 Å². The van der Waals surface area contributed by atoms with Crippen molar-refractivity contribution in [2.24, 2.45) is 0 Å². The minimum atomic E-state index is 0.643. The molecule has 2 aromatic rings. The van der Waals surface area contributed by atoms with E-state index in [-0.39, 0.29) is 0 Å². The maximum atomic E-state index is 6.18. The number of nitrogens with two attached hydrogens (primary N) is 1. The van der Waals surface area contributed by atoms with Crippen molar-refractivity contribution < 1.29 is 4.74 Å². The van der Waals surface area contributed by atoms with Crippen molar-refractivity contribution in [2.75, 3.05) is 17.7 Å². The highest BCUT2D eigenvalue weighted by molar-refractivity contribution is 9.10. The van der Waals surface area contributed by atoms with Gasteiger partial charge in [0.2, 0.25) is 0 Å². The van der Waals surface area contributed by atoms with E-state index < -0.39 is 0 Å². The molecule has 0 spiro atoms. The van der Waals surface area contributed by atoms with Crippen molar-refractivity contribution in [3.05, 3.63) is 45.9 Å². The summed E-state index contributed by atoms with van der Waals surface area (Å²) < 4.78 is 6.80. The molecule has 0 aromatic heterocycles. The molecule has 0 aliphatic rings. The molecule has 0 aliphatic heterocycles. The van der Waals surface area contributed by atoms with Crippen LogP contribution in [0.15, 0.2) is 34.8 Å². The molecule has 3 N–H and O–H groups in total. The molecule has 0 amide bonds. The van der Waals surface area contributed by atoms with Gasteiger partial charge in [-0.2, -0.15) is 0 Å². The third-order valence-corrected chi connectivity index (χ3v) is 4.49. The Labute approximate surface area is 134 Å². The van der Waals surface area contributed by atoms with Gasteiger partial charge < -0.3 is 15.8 Å². The average Bonchev–Trinajstić information content (AvgIpc) is 2.45. The third-order valence-electron chi connectivity index (χ3n) is 3.24. The van der Waals surface area contributed by atoms with Gasteiger partial charge in [-0.05, 0) is 55.7 Å². The third kappa shape index (κ3) is 3.70. The van der Waals surface area contributed by atoms with Crippen LogP contribution in [0.5, 0.6) is 5.75 Å². The summed E-state index contributed by atoms with van der Waals surface area (Å²) >= 11 is 3.58. The molecule has 0 atom stereocenters. The van der Waals surface area contributed by atoms with E-state index in [4.69, 9.17) is 10.5 Å². The predicted molar refractivity (Wildman–Crippen MR) is 93.5 cm³/mol. The second kappa shape index (κ2) is 6.85. The molecule has 0 unspecified atom stereocenters. The molecule has 3 nitrogen and oxygen atoms in total. The maximum Gasteiger partial charge on any atom is 0.144 e. The van der Waals surface area contributed by atoms with Gasteiger partial charge in [-0.15, -0.1) is 0 Å². The van der Waals surface area contributed by atoms with E-state index in [1.165, 1.54) is 11.1 Å². The predicted octanol–water partition coefficient (Wildman–Crippen LogP) is 5.18. The SMILES string of the molecule is CCCOc1cccc(Nc2cc(C)c(Br)c(C)c2)c1N. The normalized spacial score (nSPS) is 10.5. The number of hydrogen-bond donors (Lipinski definition) is 2. The van der Waals surface area contributed by atoms with Gasteiger partial charge in [0, 0.05) is 10.2 Å². The van der Waals surface area contributed by atoms with Crippen molar-refractivity contribution in [1.82, 2.24) is 0 Å². The van der Waals surface area contributed by atoms with Gasteiger partial charge in [-0.25, -0.2) is 0 Å². The van der Waals surface area contributed by atoms with Crippen LogP contribution in [0.1, 0.15) is 24.5 Å². The van der Waals surface area contributed by atoms with Crippen LogP contribution in [0.25, 0.3) is 0 Å². The van der Waals surface area contributed by atoms with Crippen molar-refractivity contribution in [1.29, 1.82) is 0 Å². The van der Waals surface area contributed by atoms with Gasteiger partial charge in [-0.3, -0.25) is 0 Å². The first-order valence-electron chi connectivity index (χ1n) is 7.08. The van der Waals surface area contributed by atoms with Gasteiger partial charge in [0.1, 0.15) is 5.75 Å². The Morgan fingerprint density at radius 3 is 2.48 bits per heavy atom. The molecular weight excluding hydrogens is 328 g/mol. The molecule has 112 valence electrons. The largest absolute Gasteiger partial charge is 0.491 e. The van der Waals surface area contributed by atoms with Crippen LogP contribution in [0.4, 0.5) is 17.1 Å². The summed E-state index contributed by atoms with van der Waals surface area (Å²) in [6, 6.07) is 9.99. The fourth-order valence-electron chi connectivity index (χ4n) is 2.16. The first-order valence-corrected chi connectivity index (χ1v) is 7.87. The minimum Gasteiger partial charge on any atom is -0.491 e. The van der Waals surface area contributed by atoms with Crippen LogP contribution in [0.3, 0.4) is 0 Å². The number of hydrogen-bond acceptors (Lipinski definition) is 3. The molecule has 0 saturated heterocycles. The lowest BCUT2D eigenvalue weighted by Crippen LogP contribution is -2.02. The van der Waals surface area contributed by atoms with E-state index in [2.05, 4.69) is 54.2 Å². The summed E-state index contributed by atoms with van der Waals surface area (Å²) in [5.74, 6) is 0.729. The zero-order valence-electron chi connectivity index (χ0n) is 12.7. The highest BCUT2D eigenvalue weighted by Gasteiger charge is 2.08. The lowest BCUT2D eigenvalue weighted by Gasteiger charge is -2.15. The topological polar surface area (TPSA) is 47.3 Å². The average molecular weight is 349 g/mol. The molecule has 0 heterocycles. The summed E-state index contributed by atoms with van der Waals surface area (Å²) in [4.78, 5) is 0. The summed E-state index contributed by atoms with van der Waals surface area (Å²) in [6.45, 7) is 6.90. The quantitative estimate of drug-likeness (QED) is 0.731. The number of aryl methyl sites for hydroxylation is 2. The minimum absolute atomic E-state index is 0.643. The Morgan fingerprint density at radius 2 is 1.86 bits per heavy atom. The second-order valence-corrected chi connectivity index (χ2v) is 5.91. The van der Waals surface area contributed by atoms with Gasteiger partial charge >= 0.3 is 0 Å². The first kappa shape index (κ1) is 15.7. The van der Waals surface area contributed by atoms with Crippen LogP contribution in [-0.4, -0.2) is 6.61 Å². The summed E-state index contributed by atoms with van der Waals surface area (Å²) in [7, 11) is 0. The number of ether oxygens (including phenoxy) is 1. The van der Waals surface area contributed by atoms with Crippen LogP contribution in [-0.2, 0) is 0 Å². The van der Waals surface area contributed by atoms with Gasteiger partial charge in [0.25, 0.3) is 0 Å².